The molecule has 1 heterocycles. The van der Waals surface area contributed by atoms with E-state index in [9.17, 15) is 14.0 Å². The Morgan fingerprint density at radius 2 is 2.10 bits per heavy atom. The number of nitrogens with zero attached hydrogens (tertiary/aromatic N) is 1. The third-order valence-electron chi connectivity index (χ3n) is 3.60. The number of ether oxygens (including phenoxy) is 1. The molecule has 1 aromatic carbocycles. The summed E-state index contributed by atoms with van der Waals surface area (Å²) in [4.78, 5) is 24.5. The van der Waals surface area contributed by atoms with E-state index in [-0.39, 0.29) is 11.5 Å². The van der Waals surface area contributed by atoms with Gasteiger partial charge >= 0.3 is 5.97 Å². The Bertz CT molecular complexity index is 524. The predicted molar refractivity (Wildman–Crippen MR) is 71.8 cm³/mol. The van der Waals surface area contributed by atoms with E-state index < -0.39 is 11.8 Å². The highest BCUT2D eigenvalue weighted by Gasteiger charge is 2.30. The number of methoxy groups -OCH3 is 1. The maximum Gasteiger partial charge on any atom is 0.337 e. The summed E-state index contributed by atoms with van der Waals surface area (Å²) in [6, 6.07) is 4.39. The Labute approximate surface area is 117 Å². The standard InChI is InChI=1S/C15H18FNO3/c1-3-14(18)17-8-10(9-17)6-11-4-5-12(7-13(11)16)15(19)20-2/h4-5,7,10H,3,6,8-9H2,1-2H3. The Morgan fingerprint density at radius 3 is 2.65 bits per heavy atom. The van der Waals surface area contributed by atoms with Gasteiger partial charge in [0.25, 0.3) is 0 Å². The monoisotopic (exact) mass is 279 g/mol. The Kier molecular flexibility index (Phi) is 4.37. The Hall–Kier alpha value is -1.91. The third-order valence-corrected chi connectivity index (χ3v) is 3.60. The van der Waals surface area contributed by atoms with E-state index in [2.05, 4.69) is 4.74 Å². The first-order valence-corrected chi connectivity index (χ1v) is 6.69. The van der Waals surface area contributed by atoms with Crippen LogP contribution in [-0.2, 0) is 16.0 Å². The largest absolute Gasteiger partial charge is 0.465 e. The highest BCUT2D eigenvalue weighted by molar-refractivity contribution is 5.89. The molecule has 2 rings (SSSR count). The summed E-state index contributed by atoms with van der Waals surface area (Å²) < 4.78 is 18.4. The van der Waals surface area contributed by atoms with E-state index in [1.165, 1.54) is 13.2 Å². The van der Waals surface area contributed by atoms with Crippen LogP contribution in [0.5, 0.6) is 0 Å². The van der Waals surface area contributed by atoms with E-state index in [4.69, 9.17) is 0 Å². The van der Waals surface area contributed by atoms with E-state index in [0.29, 0.717) is 37.4 Å². The zero-order valence-corrected chi connectivity index (χ0v) is 11.7. The van der Waals surface area contributed by atoms with Gasteiger partial charge < -0.3 is 9.64 Å². The highest BCUT2D eigenvalue weighted by Crippen LogP contribution is 2.23. The van der Waals surface area contributed by atoms with Crippen LogP contribution in [0.25, 0.3) is 0 Å². The van der Waals surface area contributed by atoms with Gasteiger partial charge in [0.15, 0.2) is 0 Å². The van der Waals surface area contributed by atoms with Crippen molar-refractivity contribution < 1.29 is 18.7 Å². The topological polar surface area (TPSA) is 46.6 Å². The molecule has 1 aromatic rings. The molecule has 20 heavy (non-hydrogen) atoms. The minimum Gasteiger partial charge on any atom is -0.465 e. The molecule has 0 atom stereocenters. The van der Waals surface area contributed by atoms with E-state index >= 15 is 0 Å². The second-order valence-electron chi connectivity index (χ2n) is 5.02. The van der Waals surface area contributed by atoms with Crippen molar-refractivity contribution in [1.29, 1.82) is 0 Å². The van der Waals surface area contributed by atoms with Crippen LogP contribution in [0.2, 0.25) is 0 Å². The molecule has 1 fully saturated rings. The minimum absolute atomic E-state index is 0.141. The minimum atomic E-state index is -0.543. The van der Waals surface area contributed by atoms with Crippen LogP contribution < -0.4 is 0 Å². The summed E-state index contributed by atoms with van der Waals surface area (Å²) in [5.74, 6) is -0.501. The van der Waals surface area contributed by atoms with Gasteiger partial charge in [-0.15, -0.1) is 0 Å². The van der Waals surface area contributed by atoms with Crippen molar-refractivity contribution in [2.24, 2.45) is 5.92 Å². The van der Waals surface area contributed by atoms with Crippen LogP contribution in [0.15, 0.2) is 18.2 Å². The number of carbonyl (C=O) groups is 2. The fourth-order valence-corrected chi connectivity index (χ4v) is 2.39. The maximum atomic E-state index is 13.9. The third kappa shape index (κ3) is 2.98. The Morgan fingerprint density at radius 1 is 1.40 bits per heavy atom. The van der Waals surface area contributed by atoms with Gasteiger partial charge in [-0.1, -0.05) is 13.0 Å². The average Bonchev–Trinajstić information content (AvgIpc) is 2.42. The van der Waals surface area contributed by atoms with E-state index in [1.54, 1.807) is 17.0 Å². The number of hydrogen-bond acceptors (Lipinski definition) is 3. The van der Waals surface area contributed by atoms with Gasteiger partial charge in [0.2, 0.25) is 5.91 Å². The zero-order valence-electron chi connectivity index (χ0n) is 11.7. The second-order valence-corrected chi connectivity index (χ2v) is 5.02. The molecular formula is C15H18FNO3. The van der Waals surface area contributed by atoms with Gasteiger partial charge in [0.05, 0.1) is 12.7 Å². The van der Waals surface area contributed by atoms with Crippen LogP contribution in [0.1, 0.15) is 29.3 Å². The number of likely N-dealkylation sites (tertiary alicyclic amines) is 1. The molecule has 0 spiro atoms. The molecule has 0 aliphatic carbocycles. The predicted octanol–water partition coefficient (Wildman–Crippen LogP) is 2.02. The fourth-order valence-electron chi connectivity index (χ4n) is 2.39. The maximum absolute atomic E-state index is 13.9. The number of carbonyl (C=O) groups excluding carboxylic acids is 2. The molecule has 0 bridgehead atoms. The van der Waals surface area contributed by atoms with Crippen molar-refractivity contribution in [1.82, 2.24) is 4.90 Å². The smallest absolute Gasteiger partial charge is 0.337 e. The molecule has 1 aliphatic rings. The lowest BCUT2D eigenvalue weighted by Gasteiger charge is -2.39. The molecule has 1 aliphatic heterocycles. The first-order valence-electron chi connectivity index (χ1n) is 6.69. The van der Waals surface area contributed by atoms with Crippen molar-refractivity contribution >= 4 is 11.9 Å². The van der Waals surface area contributed by atoms with Crippen molar-refractivity contribution in [3.05, 3.63) is 35.1 Å². The molecule has 1 amide bonds. The highest BCUT2D eigenvalue weighted by atomic mass is 19.1. The van der Waals surface area contributed by atoms with E-state index in [0.717, 1.165) is 0 Å². The van der Waals surface area contributed by atoms with Crippen molar-refractivity contribution in [2.75, 3.05) is 20.2 Å². The van der Waals surface area contributed by atoms with E-state index in [1.807, 2.05) is 6.92 Å². The summed E-state index contributed by atoms with van der Waals surface area (Å²) in [7, 11) is 1.27. The van der Waals surface area contributed by atoms with Crippen LogP contribution >= 0.6 is 0 Å². The lowest BCUT2D eigenvalue weighted by atomic mass is 9.91. The zero-order chi connectivity index (χ0) is 14.7. The molecular weight excluding hydrogens is 261 g/mol. The molecule has 0 radical (unpaired) electrons. The van der Waals surface area contributed by atoms with Crippen LogP contribution in [0.3, 0.4) is 0 Å². The number of amides is 1. The Balaban J connectivity index is 1.95. The number of halogens is 1. The SMILES string of the molecule is CCC(=O)N1CC(Cc2ccc(C(=O)OC)cc2F)C1. The number of hydrogen-bond donors (Lipinski definition) is 0. The van der Waals surface area contributed by atoms with Crippen LogP contribution in [0, 0.1) is 11.7 Å². The molecule has 108 valence electrons. The summed E-state index contributed by atoms with van der Waals surface area (Å²) in [5, 5.41) is 0. The van der Waals surface area contributed by atoms with Crippen molar-refractivity contribution in [3.63, 3.8) is 0 Å². The molecule has 0 aromatic heterocycles. The van der Waals surface area contributed by atoms with Gasteiger partial charge in [-0.2, -0.15) is 0 Å². The van der Waals surface area contributed by atoms with Gasteiger partial charge in [-0.25, -0.2) is 9.18 Å². The summed E-state index contributed by atoms with van der Waals surface area (Å²) >= 11 is 0. The van der Waals surface area contributed by atoms with Crippen LogP contribution in [-0.4, -0.2) is 37.0 Å². The van der Waals surface area contributed by atoms with Gasteiger partial charge in [-0.3, -0.25) is 4.79 Å². The number of benzene rings is 1. The molecule has 0 N–H and O–H groups in total. The number of rotatable bonds is 4. The van der Waals surface area contributed by atoms with Crippen LogP contribution in [0.4, 0.5) is 4.39 Å². The second kappa shape index (κ2) is 6.03. The van der Waals surface area contributed by atoms with Gasteiger partial charge in [0, 0.05) is 19.5 Å². The molecule has 0 unspecified atom stereocenters. The van der Waals surface area contributed by atoms with Gasteiger partial charge in [-0.05, 0) is 30.0 Å². The van der Waals surface area contributed by atoms with Gasteiger partial charge in [0.1, 0.15) is 5.82 Å². The molecule has 4 nitrogen and oxygen atoms in total. The molecule has 0 saturated carbocycles. The summed E-state index contributed by atoms with van der Waals surface area (Å²) in [6.07, 6.45) is 1.09. The van der Waals surface area contributed by atoms with Crippen molar-refractivity contribution in [2.45, 2.75) is 19.8 Å². The lowest BCUT2D eigenvalue weighted by molar-refractivity contribution is -0.137. The molecule has 5 heteroatoms. The number of esters is 1. The summed E-state index contributed by atoms with van der Waals surface area (Å²) in [5.41, 5.74) is 0.788. The summed E-state index contributed by atoms with van der Waals surface area (Å²) in [6.45, 7) is 3.20. The quantitative estimate of drug-likeness (QED) is 0.792. The lowest BCUT2D eigenvalue weighted by Crippen LogP contribution is -2.50. The fraction of sp³-hybridized carbons (Fsp3) is 0.467. The van der Waals surface area contributed by atoms with Crippen molar-refractivity contribution in [3.8, 4) is 0 Å². The first-order chi connectivity index (χ1) is 9.55. The average molecular weight is 279 g/mol. The normalized spacial score (nSPS) is 14.8. The molecule has 1 saturated heterocycles. The first kappa shape index (κ1) is 14.5.